The zero-order chi connectivity index (χ0) is 11.5. The molecule has 0 saturated carbocycles. The van der Waals surface area contributed by atoms with E-state index >= 15 is 0 Å². The fourth-order valence-corrected chi connectivity index (χ4v) is 1.51. The molecule has 1 amide bonds. The molecular weight excluding hydrogens is 208 g/mol. The van der Waals surface area contributed by atoms with E-state index in [1.165, 1.54) is 0 Å². The molecule has 1 aliphatic rings. The summed E-state index contributed by atoms with van der Waals surface area (Å²) in [5.41, 5.74) is 6.84. The first-order valence-corrected chi connectivity index (χ1v) is 5.19. The molecule has 1 aromatic rings. The Morgan fingerprint density at radius 2 is 2.12 bits per heavy atom. The summed E-state index contributed by atoms with van der Waals surface area (Å²) in [5.74, 6) is 1.18. The fraction of sp³-hybridized carbons (Fsp3) is 0.364. The average molecular weight is 222 g/mol. The Morgan fingerprint density at radius 1 is 1.44 bits per heavy atom. The zero-order valence-corrected chi connectivity index (χ0v) is 9.08. The first kappa shape index (κ1) is 10.6. The van der Waals surface area contributed by atoms with Gasteiger partial charge >= 0.3 is 0 Å². The van der Waals surface area contributed by atoms with E-state index in [1.54, 1.807) is 12.1 Å². The van der Waals surface area contributed by atoms with Crippen LogP contribution in [0.15, 0.2) is 12.1 Å². The lowest BCUT2D eigenvalue weighted by Crippen LogP contribution is -2.12. The minimum atomic E-state index is -0.0481. The number of rotatable bonds is 3. The summed E-state index contributed by atoms with van der Waals surface area (Å²) < 4.78 is 10.4. The highest BCUT2D eigenvalue weighted by molar-refractivity contribution is 5.94. The maximum atomic E-state index is 11.4. The smallest absolute Gasteiger partial charge is 0.231 e. The summed E-state index contributed by atoms with van der Waals surface area (Å²) in [7, 11) is 0. The molecule has 1 aromatic carbocycles. The van der Waals surface area contributed by atoms with Crippen molar-refractivity contribution < 1.29 is 14.3 Å². The van der Waals surface area contributed by atoms with Crippen LogP contribution < -0.4 is 20.5 Å². The summed E-state index contributed by atoms with van der Waals surface area (Å²) >= 11 is 0. The van der Waals surface area contributed by atoms with E-state index in [0.29, 0.717) is 29.3 Å². The van der Waals surface area contributed by atoms with E-state index < -0.39 is 0 Å². The number of amides is 1. The van der Waals surface area contributed by atoms with Gasteiger partial charge in [0.2, 0.25) is 12.7 Å². The lowest BCUT2D eigenvalue weighted by molar-refractivity contribution is -0.116. The zero-order valence-electron chi connectivity index (χ0n) is 9.08. The number of anilines is 2. The standard InChI is InChI=1S/C11H14N2O3/c1-2-3-11(14)13-8-5-10-9(4-7(8)12)15-6-16-10/h4-5H,2-3,6,12H2,1H3,(H,13,14). The Hall–Kier alpha value is -1.91. The second kappa shape index (κ2) is 4.30. The third kappa shape index (κ3) is 2.03. The summed E-state index contributed by atoms with van der Waals surface area (Å²) in [4.78, 5) is 11.4. The van der Waals surface area contributed by atoms with E-state index in [1.807, 2.05) is 6.92 Å². The summed E-state index contributed by atoms with van der Waals surface area (Å²) in [6.07, 6.45) is 1.28. The molecule has 5 heteroatoms. The van der Waals surface area contributed by atoms with Crippen LogP contribution in [0, 0.1) is 0 Å². The van der Waals surface area contributed by atoms with Crippen molar-refractivity contribution in [2.45, 2.75) is 19.8 Å². The SMILES string of the molecule is CCCC(=O)Nc1cc2c(cc1N)OCO2. The second-order valence-electron chi connectivity index (χ2n) is 3.59. The highest BCUT2D eigenvalue weighted by Crippen LogP contribution is 2.38. The van der Waals surface area contributed by atoms with Crippen LogP contribution in [0.3, 0.4) is 0 Å². The maximum absolute atomic E-state index is 11.4. The van der Waals surface area contributed by atoms with Crippen molar-refractivity contribution in [3.05, 3.63) is 12.1 Å². The van der Waals surface area contributed by atoms with Crippen LogP contribution >= 0.6 is 0 Å². The van der Waals surface area contributed by atoms with Gasteiger partial charge in [-0.05, 0) is 6.42 Å². The van der Waals surface area contributed by atoms with Crippen molar-refractivity contribution in [1.29, 1.82) is 0 Å². The molecule has 0 radical (unpaired) electrons. The maximum Gasteiger partial charge on any atom is 0.231 e. The number of hydrogen-bond acceptors (Lipinski definition) is 4. The number of carbonyl (C=O) groups is 1. The summed E-state index contributed by atoms with van der Waals surface area (Å²) in [5, 5.41) is 2.74. The molecule has 0 aromatic heterocycles. The molecule has 3 N–H and O–H groups in total. The van der Waals surface area contributed by atoms with Crippen molar-refractivity contribution in [3.63, 3.8) is 0 Å². The number of benzene rings is 1. The highest BCUT2D eigenvalue weighted by atomic mass is 16.7. The average Bonchev–Trinajstić information content (AvgIpc) is 2.65. The fourth-order valence-electron chi connectivity index (χ4n) is 1.51. The lowest BCUT2D eigenvalue weighted by atomic mass is 10.2. The topological polar surface area (TPSA) is 73.6 Å². The molecule has 2 rings (SSSR count). The number of carbonyl (C=O) groups excluding carboxylic acids is 1. The third-order valence-electron chi connectivity index (χ3n) is 2.30. The van der Waals surface area contributed by atoms with Crippen LogP contribution in [-0.4, -0.2) is 12.7 Å². The number of nitrogens with one attached hydrogen (secondary N) is 1. The van der Waals surface area contributed by atoms with E-state index in [9.17, 15) is 4.79 Å². The minimum Gasteiger partial charge on any atom is -0.454 e. The van der Waals surface area contributed by atoms with Gasteiger partial charge in [0.15, 0.2) is 11.5 Å². The molecule has 0 aliphatic carbocycles. The molecular formula is C11H14N2O3. The predicted molar refractivity (Wildman–Crippen MR) is 60.5 cm³/mol. The number of ether oxygens (including phenoxy) is 2. The Morgan fingerprint density at radius 3 is 2.81 bits per heavy atom. The van der Waals surface area contributed by atoms with Crippen molar-refractivity contribution >= 4 is 17.3 Å². The van der Waals surface area contributed by atoms with Gasteiger partial charge in [-0.15, -0.1) is 0 Å². The molecule has 86 valence electrons. The van der Waals surface area contributed by atoms with E-state index in [2.05, 4.69) is 5.32 Å². The van der Waals surface area contributed by atoms with Crippen molar-refractivity contribution in [2.75, 3.05) is 17.8 Å². The van der Waals surface area contributed by atoms with Crippen molar-refractivity contribution in [2.24, 2.45) is 0 Å². The van der Waals surface area contributed by atoms with Gasteiger partial charge in [-0.1, -0.05) is 6.92 Å². The Labute approximate surface area is 93.5 Å². The Bertz CT molecular complexity index is 418. The van der Waals surface area contributed by atoms with Crippen LogP contribution in [-0.2, 0) is 4.79 Å². The summed E-state index contributed by atoms with van der Waals surface area (Å²) in [6.45, 7) is 2.14. The van der Waals surface area contributed by atoms with Gasteiger partial charge in [0.25, 0.3) is 0 Å². The van der Waals surface area contributed by atoms with Gasteiger partial charge in [-0.25, -0.2) is 0 Å². The van der Waals surface area contributed by atoms with Crippen LogP contribution in [0.25, 0.3) is 0 Å². The van der Waals surface area contributed by atoms with Gasteiger partial charge in [-0.2, -0.15) is 0 Å². The molecule has 0 unspecified atom stereocenters. The van der Waals surface area contributed by atoms with Crippen LogP contribution in [0.1, 0.15) is 19.8 Å². The van der Waals surface area contributed by atoms with Crippen LogP contribution in [0.2, 0.25) is 0 Å². The Balaban J connectivity index is 2.18. The van der Waals surface area contributed by atoms with Gasteiger partial charge in [0.1, 0.15) is 0 Å². The van der Waals surface area contributed by atoms with Crippen LogP contribution in [0.4, 0.5) is 11.4 Å². The number of nitrogens with two attached hydrogens (primary N) is 1. The molecule has 0 fully saturated rings. The molecule has 1 heterocycles. The van der Waals surface area contributed by atoms with Gasteiger partial charge < -0.3 is 20.5 Å². The van der Waals surface area contributed by atoms with Crippen LogP contribution in [0.5, 0.6) is 11.5 Å². The molecule has 5 nitrogen and oxygen atoms in total. The Kier molecular flexibility index (Phi) is 2.85. The molecule has 0 spiro atoms. The van der Waals surface area contributed by atoms with Crippen molar-refractivity contribution in [3.8, 4) is 11.5 Å². The normalized spacial score (nSPS) is 12.6. The van der Waals surface area contributed by atoms with Gasteiger partial charge in [0.05, 0.1) is 11.4 Å². The molecule has 1 aliphatic heterocycles. The lowest BCUT2D eigenvalue weighted by Gasteiger charge is -2.08. The van der Waals surface area contributed by atoms with Gasteiger partial charge in [0, 0.05) is 18.6 Å². The molecule has 0 bridgehead atoms. The molecule has 0 saturated heterocycles. The first-order chi connectivity index (χ1) is 7.70. The highest BCUT2D eigenvalue weighted by Gasteiger charge is 2.16. The van der Waals surface area contributed by atoms with Crippen molar-refractivity contribution in [1.82, 2.24) is 0 Å². The van der Waals surface area contributed by atoms with E-state index in [-0.39, 0.29) is 12.7 Å². The van der Waals surface area contributed by atoms with Gasteiger partial charge in [-0.3, -0.25) is 4.79 Å². The predicted octanol–water partition coefficient (Wildman–Crippen LogP) is 1.74. The number of hydrogen-bond donors (Lipinski definition) is 2. The largest absolute Gasteiger partial charge is 0.454 e. The minimum absolute atomic E-state index is 0.0481. The molecule has 16 heavy (non-hydrogen) atoms. The quantitative estimate of drug-likeness (QED) is 0.764. The monoisotopic (exact) mass is 222 g/mol. The van der Waals surface area contributed by atoms with E-state index in [0.717, 1.165) is 6.42 Å². The molecule has 0 atom stereocenters. The van der Waals surface area contributed by atoms with E-state index in [4.69, 9.17) is 15.2 Å². The number of nitrogen functional groups attached to an aromatic ring is 1. The third-order valence-corrected chi connectivity index (χ3v) is 2.30. The first-order valence-electron chi connectivity index (χ1n) is 5.19. The number of fused-ring (bicyclic) bond motifs is 1. The second-order valence-corrected chi connectivity index (χ2v) is 3.59. The summed E-state index contributed by atoms with van der Waals surface area (Å²) in [6, 6.07) is 3.34.